The van der Waals surface area contributed by atoms with Gasteiger partial charge >= 0.3 is 0 Å². The van der Waals surface area contributed by atoms with Crippen LogP contribution < -0.4 is 4.90 Å². The van der Waals surface area contributed by atoms with Gasteiger partial charge in [-0.25, -0.2) is 5.01 Å². The lowest BCUT2D eigenvalue weighted by Crippen LogP contribution is -2.32. The van der Waals surface area contributed by atoms with Crippen molar-refractivity contribution < 1.29 is 14.0 Å². The second-order valence-electron chi connectivity index (χ2n) is 8.37. The Labute approximate surface area is 206 Å². The van der Waals surface area contributed by atoms with Crippen molar-refractivity contribution in [1.82, 2.24) is 15.2 Å². The van der Waals surface area contributed by atoms with Crippen molar-refractivity contribution in [3.05, 3.63) is 59.5 Å². The van der Waals surface area contributed by atoms with E-state index in [9.17, 15) is 9.59 Å². The summed E-state index contributed by atoms with van der Waals surface area (Å²) in [5.41, 5.74) is 3.03. The van der Waals surface area contributed by atoms with E-state index >= 15 is 0 Å². The fraction of sp³-hybridized carbons (Fsp3) is 0.375. The maximum Gasteiger partial charge on any atom is 0.253 e. The number of hydrazone groups is 1. The Hall–Kier alpha value is -2.98. The molecule has 10 heteroatoms. The number of aryl methyl sites for hydroxylation is 1. The van der Waals surface area contributed by atoms with Crippen LogP contribution in [0, 0.1) is 6.92 Å². The number of aromatic nitrogens is 2. The van der Waals surface area contributed by atoms with E-state index in [0.717, 1.165) is 24.1 Å². The Morgan fingerprint density at radius 2 is 2.00 bits per heavy atom. The Morgan fingerprint density at radius 3 is 2.68 bits per heavy atom. The summed E-state index contributed by atoms with van der Waals surface area (Å²) in [6, 6.07) is 11.8. The summed E-state index contributed by atoms with van der Waals surface area (Å²) < 4.78 is 6.28. The quantitative estimate of drug-likeness (QED) is 0.329. The minimum absolute atomic E-state index is 0.0580. The van der Waals surface area contributed by atoms with Crippen LogP contribution in [-0.4, -0.2) is 44.5 Å². The number of benzene rings is 1. The van der Waals surface area contributed by atoms with Gasteiger partial charge in [-0.15, -0.1) is 10.2 Å². The molecule has 0 N–H and O–H groups in total. The van der Waals surface area contributed by atoms with E-state index in [1.165, 1.54) is 33.7 Å². The maximum absolute atomic E-state index is 13.2. The summed E-state index contributed by atoms with van der Waals surface area (Å²) >= 11 is 2.67. The highest BCUT2D eigenvalue weighted by Gasteiger charge is 2.36. The van der Waals surface area contributed by atoms with Gasteiger partial charge in [-0.2, -0.15) is 5.10 Å². The van der Waals surface area contributed by atoms with Crippen LogP contribution in [-0.2, 0) is 9.59 Å². The molecule has 5 rings (SSSR count). The molecular formula is C24H25N5O3S2. The molecule has 1 aliphatic carbocycles. The van der Waals surface area contributed by atoms with Gasteiger partial charge < -0.3 is 4.42 Å². The van der Waals surface area contributed by atoms with Crippen LogP contribution in [0.1, 0.15) is 55.5 Å². The number of furan rings is 1. The number of carbonyl (C=O) groups is 2. The molecular weight excluding hydrogens is 470 g/mol. The van der Waals surface area contributed by atoms with Gasteiger partial charge in [-0.3, -0.25) is 14.5 Å². The van der Waals surface area contributed by atoms with Crippen molar-refractivity contribution in [2.24, 2.45) is 5.10 Å². The third-order valence-electron chi connectivity index (χ3n) is 5.83. The van der Waals surface area contributed by atoms with Gasteiger partial charge in [0.05, 0.1) is 17.7 Å². The molecule has 8 nitrogen and oxygen atoms in total. The number of amides is 2. The van der Waals surface area contributed by atoms with Crippen LogP contribution in [0.5, 0.6) is 0 Å². The third-order valence-corrected chi connectivity index (χ3v) is 7.87. The molecule has 0 bridgehead atoms. The van der Waals surface area contributed by atoms with E-state index < -0.39 is 0 Å². The largest absolute Gasteiger partial charge is 0.467 e. The van der Waals surface area contributed by atoms with E-state index in [1.54, 1.807) is 11.2 Å². The van der Waals surface area contributed by atoms with Gasteiger partial charge in [0.25, 0.3) is 5.91 Å². The maximum atomic E-state index is 13.2. The SMILES string of the molecule is CCC(=O)N(c1nnc(SCC(=O)N2N=C(c3ccc(C)cc3)CC2c2ccco2)s1)C1CC1. The van der Waals surface area contributed by atoms with Gasteiger partial charge in [0, 0.05) is 18.9 Å². The zero-order valence-corrected chi connectivity index (χ0v) is 20.6. The molecule has 176 valence electrons. The summed E-state index contributed by atoms with van der Waals surface area (Å²) in [5.74, 6) is 0.805. The first kappa shape index (κ1) is 22.8. The van der Waals surface area contributed by atoms with Crippen molar-refractivity contribution in [3.63, 3.8) is 0 Å². The van der Waals surface area contributed by atoms with Crippen LogP contribution >= 0.6 is 23.1 Å². The number of carbonyl (C=O) groups excluding carboxylic acids is 2. The molecule has 1 aromatic carbocycles. The minimum atomic E-state index is -0.281. The Morgan fingerprint density at radius 1 is 1.21 bits per heavy atom. The summed E-state index contributed by atoms with van der Waals surface area (Å²) in [5, 5.41) is 15.3. The van der Waals surface area contributed by atoms with Gasteiger partial charge in [0.15, 0.2) is 4.34 Å². The third kappa shape index (κ3) is 4.78. The van der Waals surface area contributed by atoms with Gasteiger partial charge in [-0.05, 0) is 37.5 Å². The topological polar surface area (TPSA) is 91.9 Å². The number of nitrogens with zero attached hydrogens (tertiary/aromatic N) is 5. The lowest BCUT2D eigenvalue weighted by molar-refractivity contribution is -0.130. The Bertz CT molecular complexity index is 1200. The van der Waals surface area contributed by atoms with E-state index in [0.29, 0.717) is 28.1 Å². The average Bonchev–Trinajstić information content (AvgIpc) is 3.24. The molecule has 1 saturated carbocycles. The molecule has 3 heterocycles. The fourth-order valence-corrected chi connectivity index (χ4v) is 5.66. The number of rotatable bonds is 8. The van der Waals surface area contributed by atoms with Crippen LogP contribution in [0.3, 0.4) is 0 Å². The van der Waals surface area contributed by atoms with E-state index in [-0.39, 0.29) is 29.7 Å². The summed E-state index contributed by atoms with van der Waals surface area (Å²) in [6.07, 6.45) is 4.63. The van der Waals surface area contributed by atoms with Gasteiger partial charge in [0.2, 0.25) is 11.0 Å². The fourth-order valence-electron chi connectivity index (χ4n) is 3.88. The van der Waals surface area contributed by atoms with Crippen LogP contribution in [0.25, 0.3) is 0 Å². The average molecular weight is 496 g/mol. The molecule has 2 aliphatic rings. The van der Waals surface area contributed by atoms with Gasteiger partial charge in [-0.1, -0.05) is 59.9 Å². The normalized spacial score (nSPS) is 17.6. The first-order chi connectivity index (χ1) is 16.5. The molecule has 0 radical (unpaired) electrons. The molecule has 1 atom stereocenters. The highest BCUT2D eigenvalue weighted by atomic mass is 32.2. The summed E-state index contributed by atoms with van der Waals surface area (Å²) in [6.45, 7) is 3.89. The summed E-state index contributed by atoms with van der Waals surface area (Å²) in [7, 11) is 0. The highest BCUT2D eigenvalue weighted by molar-refractivity contribution is 8.01. The Balaban J connectivity index is 1.30. The molecule has 0 spiro atoms. The standard InChI is InChI=1S/C24H25N5O3S2/c1-3-21(30)28(17-10-11-17)23-25-26-24(34-23)33-14-22(31)29-19(20-5-4-12-32-20)13-18(27-29)16-8-6-15(2)7-9-16/h4-9,12,17,19H,3,10-11,13-14H2,1-2H3. The summed E-state index contributed by atoms with van der Waals surface area (Å²) in [4.78, 5) is 27.3. The van der Waals surface area contributed by atoms with Crippen molar-refractivity contribution in [1.29, 1.82) is 0 Å². The lowest BCUT2D eigenvalue weighted by Gasteiger charge is -2.19. The lowest BCUT2D eigenvalue weighted by atomic mass is 10.0. The van der Waals surface area contributed by atoms with Crippen molar-refractivity contribution >= 4 is 45.8 Å². The molecule has 1 aliphatic heterocycles. The highest BCUT2D eigenvalue weighted by Crippen LogP contribution is 2.37. The van der Waals surface area contributed by atoms with Crippen molar-refractivity contribution in [2.45, 2.75) is 56.0 Å². The van der Waals surface area contributed by atoms with Crippen LogP contribution in [0.15, 0.2) is 56.5 Å². The predicted octanol–water partition coefficient (Wildman–Crippen LogP) is 4.81. The molecule has 2 aromatic heterocycles. The molecule has 0 saturated heterocycles. The second-order valence-corrected chi connectivity index (χ2v) is 10.6. The first-order valence-electron chi connectivity index (χ1n) is 11.3. The zero-order chi connectivity index (χ0) is 23.7. The van der Waals surface area contributed by atoms with Crippen molar-refractivity contribution in [2.75, 3.05) is 10.7 Å². The first-order valence-corrected chi connectivity index (χ1v) is 13.1. The van der Waals surface area contributed by atoms with Crippen LogP contribution in [0.4, 0.5) is 5.13 Å². The molecule has 2 amide bonds. The van der Waals surface area contributed by atoms with Crippen LogP contribution in [0.2, 0.25) is 0 Å². The molecule has 3 aromatic rings. The van der Waals surface area contributed by atoms with E-state index in [1.807, 2.05) is 50.2 Å². The predicted molar refractivity (Wildman–Crippen MR) is 132 cm³/mol. The van der Waals surface area contributed by atoms with Gasteiger partial charge in [0.1, 0.15) is 11.8 Å². The number of hydrogen-bond donors (Lipinski definition) is 0. The molecule has 1 fully saturated rings. The smallest absolute Gasteiger partial charge is 0.253 e. The monoisotopic (exact) mass is 495 g/mol. The number of hydrogen-bond acceptors (Lipinski definition) is 8. The number of anilines is 1. The van der Waals surface area contributed by atoms with E-state index in [2.05, 4.69) is 15.3 Å². The molecule has 1 unspecified atom stereocenters. The molecule has 34 heavy (non-hydrogen) atoms. The number of thioether (sulfide) groups is 1. The zero-order valence-electron chi connectivity index (χ0n) is 19.0. The second kappa shape index (κ2) is 9.71. The minimum Gasteiger partial charge on any atom is -0.467 e. The van der Waals surface area contributed by atoms with E-state index in [4.69, 9.17) is 4.42 Å². The Kier molecular flexibility index (Phi) is 6.51. The van der Waals surface area contributed by atoms with Crippen molar-refractivity contribution in [3.8, 4) is 0 Å².